The van der Waals surface area contributed by atoms with E-state index in [1.165, 1.54) is 18.2 Å². The molecule has 3 aromatic rings. The second-order valence-electron chi connectivity index (χ2n) is 6.51. The molecule has 0 aromatic heterocycles. The van der Waals surface area contributed by atoms with Crippen molar-refractivity contribution >= 4 is 45.3 Å². The monoisotopic (exact) mass is 439 g/mol. The number of hydrogen-bond donors (Lipinski definition) is 0. The molecule has 0 aliphatic rings. The molecule has 7 nitrogen and oxygen atoms in total. The molecule has 0 spiro atoms. The van der Waals surface area contributed by atoms with Gasteiger partial charge in [-0.25, -0.2) is 0 Å². The third-order valence-electron chi connectivity index (χ3n) is 4.38. The Labute approximate surface area is 180 Å². The summed E-state index contributed by atoms with van der Waals surface area (Å²) in [5.74, 6) is 0. The Balaban J connectivity index is 2.26. The fourth-order valence-electron chi connectivity index (χ4n) is 2.90. The van der Waals surface area contributed by atoms with E-state index >= 15 is 0 Å². The predicted molar refractivity (Wildman–Crippen MR) is 116 cm³/mol. The van der Waals surface area contributed by atoms with Crippen molar-refractivity contribution in [1.82, 2.24) is 0 Å². The molecule has 9 heteroatoms. The molecule has 0 saturated heterocycles. The van der Waals surface area contributed by atoms with Crippen LogP contribution in [0.5, 0.6) is 0 Å². The van der Waals surface area contributed by atoms with Gasteiger partial charge in [0.2, 0.25) is 0 Å². The first-order valence-corrected chi connectivity index (χ1v) is 10.8. The van der Waals surface area contributed by atoms with Gasteiger partial charge in [-0.2, -0.15) is 5.26 Å². The topological polar surface area (TPSA) is 111 Å². The zero-order valence-corrected chi connectivity index (χ0v) is 17.8. The van der Waals surface area contributed by atoms with Crippen LogP contribution in [0.25, 0.3) is 0 Å². The highest BCUT2D eigenvalue weighted by atomic mass is 32.2. The maximum atomic E-state index is 12.2. The minimum absolute atomic E-state index is 0.0380. The Hall–Kier alpha value is -3.03. The number of anilines is 4. The van der Waals surface area contributed by atoms with Crippen molar-refractivity contribution in [2.24, 2.45) is 0 Å². The molecule has 0 heterocycles. The summed E-state index contributed by atoms with van der Waals surface area (Å²) < 4.78 is 50.6. The summed E-state index contributed by atoms with van der Waals surface area (Å²) >= 11 is -5.52. The van der Waals surface area contributed by atoms with Crippen LogP contribution in [0.1, 0.15) is 16.7 Å². The number of nitriles is 1. The lowest BCUT2D eigenvalue weighted by Gasteiger charge is -2.34. The Morgan fingerprint density at radius 3 is 1.57 bits per heavy atom. The molecule has 2 unspecified atom stereocenters. The van der Waals surface area contributed by atoms with Crippen molar-refractivity contribution in [3.8, 4) is 6.07 Å². The van der Waals surface area contributed by atoms with E-state index in [0.717, 1.165) is 19.7 Å². The fourth-order valence-corrected chi connectivity index (χ4v) is 4.11. The van der Waals surface area contributed by atoms with Crippen molar-refractivity contribution in [2.45, 2.75) is 13.8 Å². The molecule has 3 aromatic carbocycles. The van der Waals surface area contributed by atoms with Crippen LogP contribution in [-0.4, -0.2) is 17.5 Å². The third kappa shape index (κ3) is 4.58. The van der Waals surface area contributed by atoms with Gasteiger partial charge in [-0.15, -0.1) is 0 Å². The van der Waals surface area contributed by atoms with Crippen LogP contribution < -0.4 is 8.61 Å². The first kappa shape index (κ1) is 21.7. The van der Waals surface area contributed by atoms with E-state index < -0.39 is 22.5 Å². The summed E-state index contributed by atoms with van der Waals surface area (Å²) in [6, 6.07) is 19.6. The molecule has 0 amide bonds. The second kappa shape index (κ2) is 9.19. The number of rotatable bonds is 6. The average Bonchev–Trinajstić information content (AvgIpc) is 2.71. The van der Waals surface area contributed by atoms with E-state index in [2.05, 4.69) is 0 Å². The molecule has 0 saturated carbocycles. The van der Waals surface area contributed by atoms with E-state index in [-0.39, 0.29) is 16.9 Å². The Morgan fingerprint density at radius 2 is 1.17 bits per heavy atom. The van der Waals surface area contributed by atoms with Crippen LogP contribution in [0.2, 0.25) is 0 Å². The minimum Gasteiger partial charge on any atom is -0.755 e. The van der Waals surface area contributed by atoms with Gasteiger partial charge in [0, 0.05) is 0 Å². The molecular formula is C21H17N3O4S2-2. The Kier molecular flexibility index (Phi) is 6.64. The first-order chi connectivity index (χ1) is 14.3. The second-order valence-corrected chi connectivity index (χ2v) is 8.11. The largest absolute Gasteiger partial charge is 0.755 e. The van der Waals surface area contributed by atoms with Gasteiger partial charge in [-0.3, -0.25) is 17.0 Å². The first-order valence-electron chi connectivity index (χ1n) is 8.78. The van der Waals surface area contributed by atoms with Gasteiger partial charge in [0.15, 0.2) is 0 Å². The van der Waals surface area contributed by atoms with Gasteiger partial charge in [0.25, 0.3) is 0 Å². The van der Waals surface area contributed by atoms with Crippen LogP contribution in [0, 0.1) is 25.2 Å². The summed E-state index contributed by atoms with van der Waals surface area (Å²) in [6.07, 6.45) is 0. The lowest BCUT2D eigenvalue weighted by molar-refractivity contribution is 0.534. The highest BCUT2D eigenvalue weighted by Crippen LogP contribution is 2.40. The lowest BCUT2D eigenvalue weighted by Crippen LogP contribution is -2.25. The molecular weight excluding hydrogens is 422 g/mol. The Morgan fingerprint density at radius 1 is 0.733 bits per heavy atom. The number of benzene rings is 3. The van der Waals surface area contributed by atoms with Crippen molar-refractivity contribution in [1.29, 1.82) is 5.26 Å². The standard InChI is InChI=1S/C21H19N3O4S2/c1-15-3-8-18(9-4-15)23(29(25)26)20-12-7-17(14-22)13-21(20)24(30(27)28)19-10-5-16(2)6-11-19/h3-13H,1-2H3,(H,25,26)(H,27,28)/p-2. The molecule has 0 radical (unpaired) electrons. The quantitative estimate of drug-likeness (QED) is 0.538. The molecule has 0 aliphatic heterocycles. The number of hydrogen-bond acceptors (Lipinski definition) is 5. The van der Waals surface area contributed by atoms with Crippen LogP contribution in [0.4, 0.5) is 22.7 Å². The van der Waals surface area contributed by atoms with Gasteiger partial charge in [-0.05, 0) is 56.3 Å². The van der Waals surface area contributed by atoms with Crippen molar-refractivity contribution in [3.63, 3.8) is 0 Å². The van der Waals surface area contributed by atoms with E-state index in [1.807, 2.05) is 19.9 Å². The van der Waals surface area contributed by atoms with Crippen molar-refractivity contribution in [2.75, 3.05) is 8.61 Å². The van der Waals surface area contributed by atoms with Crippen LogP contribution in [0.15, 0.2) is 66.7 Å². The van der Waals surface area contributed by atoms with Gasteiger partial charge >= 0.3 is 0 Å². The average molecular weight is 440 g/mol. The summed E-state index contributed by atoms with van der Waals surface area (Å²) in [5.41, 5.74) is 2.84. The van der Waals surface area contributed by atoms with Crippen molar-refractivity contribution < 1.29 is 17.5 Å². The molecule has 0 bridgehead atoms. The van der Waals surface area contributed by atoms with Crippen LogP contribution in [0.3, 0.4) is 0 Å². The third-order valence-corrected chi connectivity index (χ3v) is 5.79. The van der Waals surface area contributed by atoms with E-state index in [1.54, 1.807) is 48.5 Å². The normalized spacial score (nSPS) is 12.6. The predicted octanol–water partition coefficient (Wildman–Crippen LogP) is 4.04. The van der Waals surface area contributed by atoms with Crippen LogP contribution in [-0.2, 0) is 22.5 Å². The highest BCUT2D eigenvalue weighted by molar-refractivity contribution is 7.81. The van der Waals surface area contributed by atoms with Gasteiger partial charge in [0.05, 0.1) is 56.9 Å². The lowest BCUT2D eigenvalue weighted by atomic mass is 10.1. The van der Waals surface area contributed by atoms with E-state index in [0.29, 0.717) is 11.4 Å². The number of aryl methyl sites for hydroxylation is 2. The molecule has 154 valence electrons. The van der Waals surface area contributed by atoms with Gasteiger partial charge in [0.1, 0.15) is 0 Å². The maximum Gasteiger partial charge on any atom is 0.0992 e. The van der Waals surface area contributed by atoms with Crippen LogP contribution >= 0.6 is 0 Å². The summed E-state index contributed by atoms with van der Waals surface area (Å²) in [6.45, 7) is 3.73. The van der Waals surface area contributed by atoms with E-state index in [9.17, 15) is 22.8 Å². The van der Waals surface area contributed by atoms with Gasteiger partial charge < -0.3 is 9.11 Å². The SMILES string of the molecule is Cc1ccc(N(c2ccc(C#N)cc2N(c2ccc(C)cc2)S(=O)[O-])S(=O)[O-])cc1. The molecule has 0 N–H and O–H groups in total. The summed E-state index contributed by atoms with van der Waals surface area (Å²) in [4.78, 5) is 0. The zero-order valence-electron chi connectivity index (χ0n) is 16.1. The highest BCUT2D eigenvalue weighted by Gasteiger charge is 2.21. The van der Waals surface area contributed by atoms with Gasteiger partial charge in [-0.1, -0.05) is 35.4 Å². The molecule has 0 aliphatic carbocycles. The fraction of sp³-hybridized carbons (Fsp3) is 0.0952. The summed E-state index contributed by atoms with van der Waals surface area (Å²) in [7, 11) is 0. The molecule has 0 fully saturated rings. The minimum atomic E-state index is -2.78. The Bertz CT molecular complexity index is 1140. The molecule has 2 atom stereocenters. The van der Waals surface area contributed by atoms with Crippen molar-refractivity contribution in [3.05, 3.63) is 83.4 Å². The van der Waals surface area contributed by atoms with E-state index in [4.69, 9.17) is 0 Å². The smallest absolute Gasteiger partial charge is 0.0992 e. The maximum absolute atomic E-state index is 12.2. The summed E-state index contributed by atoms with van der Waals surface area (Å²) in [5, 5.41) is 9.32. The zero-order chi connectivity index (χ0) is 21.8. The molecule has 30 heavy (non-hydrogen) atoms. The molecule has 3 rings (SSSR count). The number of nitrogens with zero attached hydrogens (tertiary/aromatic N) is 3.